The van der Waals surface area contributed by atoms with Gasteiger partial charge in [0.2, 0.25) is 0 Å². The van der Waals surface area contributed by atoms with Crippen LogP contribution in [-0.2, 0) is 4.79 Å². The van der Waals surface area contributed by atoms with Crippen LogP contribution in [0.3, 0.4) is 0 Å². The fraction of sp³-hybridized carbons (Fsp3) is 0.286. The standard InChI is InChI=1S/C14H13BrO3S/c1-7(8(2)14(17)18)12(16)10-6-19-13-9(10)4-3-5-11(13)15/h3-8H,1-2H3,(H,17,18). The zero-order valence-corrected chi connectivity index (χ0v) is 12.9. The Kier molecular flexibility index (Phi) is 4.06. The summed E-state index contributed by atoms with van der Waals surface area (Å²) in [5.41, 5.74) is 0.613. The Bertz CT molecular complexity index is 647. The van der Waals surface area contributed by atoms with E-state index < -0.39 is 17.8 Å². The molecule has 100 valence electrons. The van der Waals surface area contributed by atoms with E-state index in [1.165, 1.54) is 11.3 Å². The van der Waals surface area contributed by atoms with Crippen LogP contribution in [0.2, 0.25) is 0 Å². The Labute approximate surface area is 123 Å². The lowest BCUT2D eigenvalue weighted by Crippen LogP contribution is -2.25. The number of carbonyl (C=O) groups is 2. The molecule has 2 unspecified atom stereocenters. The van der Waals surface area contributed by atoms with Gasteiger partial charge in [-0.15, -0.1) is 11.3 Å². The van der Waals surface area contributed by atoms with Crippen LogP contribution in [0.4, 0.5) is 0 Å². The summed E-state index contributed by atoms with van der Waals surface area (Å²) in [7, 11) is 0. The molecule has 0 aliphatic rings. The van der Waals surface area contributed by atoms with Crippen molar-refractivity contribution >= 4 is 49.1 Å². The summed E-state index contributed by atoms with van der Waals surface area (Å²) < 4.78 is 1.97. The minimum absolute atomic E-state index is 0.112. The predicted octanol–water partition coefficient (Wildman–Crippen LogP) is 4.20. The Morgan fingerprint density at radius 2 is 1.95 bits per heavy atom. The molecule has 19 heavy (non-hydrogen) atoms. The summed E-state index contributed by atoms with van der Waals surface area (Å²) in [6.07, 6.45) is 0. The van der Waals surface area contributed by atoms with E-state index in [-0.39, 0.29) is 5.78 Å². The molecule has 5 heteroatoms. The molecule has 1 N–H and O–H groups in total. The highest BCUT2D eigenvalue weighted by Gasteiger charge is 2.28. The zero-order chi connectivity index (χ0) is 14.2. The molecular weight excluding hydrogens is 328 g/mol. The first-order valence-electron chi connectivity index (χ1n) is 5.86. The summed E-state index contributed by atoms with van der Waals surface area (Å²) in [5, 5.41) is 11.7. The number of hydrogen-bond donors (Lipinski definition) is 1. The number of thiophene rings is 1. The molecule has 0 saturated carbocycles. The minimum atomic E-state index is -0.943. The van der Waals surface area contributed by atoms with Crippen molar-refractivity contribution in [1.29, 1.82) is 0 Å². The van der Waals surface area contributed by atoms with Gasteiger partial charge in [-0.1, -0.05) is 26.0 Å². The van der Waals surface area contributed by atoms with Gasteiger partial charge in [0.05, 0.1) is 5.92 Å². The van der Waals surface area contributed by atoms with Gasteiger partial charge in [0.15, 0.2) is 5.78 Å². The number of fused-ring (bicyclic) bond motifs is 1. The summed E-state index contributed by atoms with van der Waals surface area (Å²) >= 11 is 4.94. The van der Waals surface area contributed by atoms with E-state index in [9.17, 15) is 9.59 Å². The quantitative estimate of drug-likeness (QED) is 0.848. The van der Waals surface area contributed by atoms with Gasteiger partial charge < -0.3 is 5.11 Å². The minimum Gasteiger partial charge on any atom is -0.481 e. The largest absolute Gasteiger partial charge is 0.481 e. The highest BCUT2D eigenvalue weighted by molar-refractivity contribution is 9.10. The molecule has 0 aliphatic heterocycles. The lowest BCUT2D eigenvalue weighted by atomic mass is 9.88. The molecule has 1 heterocycles. The molecule has 1 aromatic carbocycles. The van der Waals surface area contributed by atoms with Gasteiger partial charge in [0.1, 0.15) is 0 Å². The molecule has 0 amide bonds. The Morgan fingerprint density at radius 3 is 2.58 bits per heavy atom. The number of carboxylic acids is 1. The monoisotopic (exact) mass is 340 g/mol. The van der Waals surface area contributed by atoms with Crippen LogP contribution in [0.5, 0.6) is 0 Å². The molecule has 0 saturated heterocycles. The van der Waals surface area contributed by atoms with E-state index >= 15 is 0 Å². The molecular formula is C14H13BrO3S. The molecule has 1 aromatic heterocycles. The van der Waals surface area contributed by atoms with Gasteiger partial charge in [-0.2, -0.15) is 0 Å². The number of halogens is 1. The number of Topliss-reactive ketones (excluding diaryl/α,β-unsaturated/α-hetero) is 1. The lowest BCUT2D eigenvalue weighted by Gasteiger charge is -2.14. The summed E-state index contributed by atoms with van der Waals surface area (Å²) in [6, 6.07) is 5.69. The number of hydrogen-bond acceptors (Lipinski definition) is 3. The highest BCUT2D eigenvalue weighted by atomic mass is 79.9. The normalized spacial score (nSPS) is 14.3. The van der Waals surface area contributed by atoms with Crippen molar-refractivity contribution < 1.29 is 14.7 Å². The highest BCUT2D eigenvalue weighted by Crippen LogP contribution is 2.34. The maximum absolute atomic E-state index is 12.4. The average Bonchev–Trinajstić information content (AvgIpc) is 2.81. The van der Waals surface area contributed by atoms with Crippen molar-refractivity contribution in [2.24, 2.45) is 11.8 Å². The van der Waals surface area contributed by atoms with E-state index in [1.807, 2.05) is 23.6 Å². The van der Waals surface area contributed by atoms with Crippen LogP contribution in [0.25, 0.3) is 10.1 Å². The third-order valence-corrected chi connectivity index (χ3v) is 5.32. The Hall–Kier alpha value is -1.20. The molecule has 2 atom stereocenters. The number of rotatable bonds is 4. The zero-order valence-electron chi connectivity index (χ0n) is 10.5. The first-order valence-corrected chi connectivity index (χ1v) is 7.53. The second-order valence-electron chi connectivity index (χ2n) is 4.55. The molecule has 2 aromatic rings. The van der Waals surface area contributed by atoms with Crippen molar-refractivity contribution in [3.63, 3.8) is 0 Å². The van der Waals surface area contributed by atoms with Gasteiger partial charge in [-0.05, 0) is 22.0 Å². The van der Waals surface area contributed by atoms with Crippen molar-refractivity contribution in [3.05, 3.63) is 33.6 Å². The van der Waals surface area contributed by atoms with Crippen molar-refractivity contribution in [3.8, 4) is 0 Å². The molecule has 2 rings (SSSR count). The predicted molar refractivity (Wildman–Crippen MR) is 79.8 cm³/mol. The van der Waals surface area contributed by atoms with E-state index in [0.29, 0.717) is 5.56 Å². The summed E-state index contributed by atoms with van der Waals surface area (Å²) in [5.74, 6) is -2.27. The van der Waals surface area contributed by atoms with E-state index in [4.69, 9.17) is 5.11 Å². The van der Waals surface area contributed by atoms with Gasteiger partial charge in [-0.25, -0.2) is 0 Å². The molecule has 0 fully saturated rings. The van der Waals surface area contributed by atoms with Crippen LogP contribution >= 0.6 is 27.3 Å². The number of ketones is 1. The number of aliphatic carboxylic acids is 1. The fourth-order valence-electron chi connectivity index (χ4n) is 1.90. The maximum Gasteiger partial charge on any atom is 0.306 e. The van der Waals surface area contributed by atoms with E-state index in [1.54, 1.807) is 13.8 Å². The topological polar surface area (TPSA) is 54.4 Å². The molecule has 3 nitrogen and oxygen atoms in total. The summed E-state index contributed by atoms with van der Waals surface area (Å²) in [4.78, 5) is 23.4. The third-order valence-electron chi connectivity index (χ3n) is 3.37. The third kappa shape index (κ3) is 2.58. The lowest BCUT2D eigenvalue weighted by molar-refractivity contribution is -0.142. The van der Waals surface area contributed by atoms with Gasteiger partial charge in [0, 0.05) is 31.4 Å². The summed E-state index contributed by atoms with van der Waals surface area (Å²) in [6.45, 7) is 3.23. The first-order chi connectivity index (χ1) is 8.93. The second-order valence-corrected chi connectivity index (χ2v) is 6.28. The SMILES string of the molecule is CC(C(=O)O)C(C)C(=O)c1csc2c(Br)cccc12. The average molecular weight is 341 g/mol. The number of carboxylic acid groups (broad SMARTS) is 1. The van der Waals surface area contributed by atoms with Gasteiger partial charge in [0.25, 0.3) is 0 Å². The van der Waals surface area contributed by atoms with Crippen LogP contribution < -0.4 is 0 Å². The maximum atomic E-state index is 12.4. The second kappa shape index (κ2) is 5.43. The van der Waals surface area contributed by atoms with Crippen LogP contribution in [0, 0.1) is 11.8 Å². The van der Waals surface area contributed by atoms with Crippen molar-refractivity contribution in [2.45, 2.75) is 13.8 Å². The van der Waals surface area contributed by atoms with Crippen molar-refractivity contribution in [2.75, 3.05) is 0 Å². The van der Waals surface area contributed by atoms with Crippen LogP contribution in [0.15, 0.2) is 28.1 Å². The van der Waals surface area contributed by atoms with Crippen molar-refractivity contribution in [1.82, 2.24) is 0 Å². The Balaban J connectivity index is 2.42. The van der Waals surface area contributed by atoms with E-state index in [2.05, 4.69) is 15.9 Å². The Morgan fingerprint density at radius 1 is 1.26 bits per heavy atom. The first kappa shape index (κ1) is 14.2. The van der Waals surface area contributed by atoms with Crippen LogP contribution in [0.1, 0.15) is 24.2 Å². The van der Waals surface area contributed by atoms with Gasteiger partial charge in [-0.3, -0.25) is 9.59 Å². The molecule has 0 bridgehead atoms. The fourth-order valence-corrected chi connectivity index (χ4v) is 3.51. The molecule has 0 spiro atoms. The van der Waals surface area contributed by atoms with Gasteiger partial charge >= 0.3 is 5.97 Å². The molecule has 0 radical (unpaired) electrons. The number of carbonyl (C=O) groups excluding carboxylic acids is 1. The van der Waals surface area contributed by atoms with Crippen LogP contribution in [-0.4, -0.2) is 16.9 Å². The molecule has 0 aliphatic carbocycles. The number of benzene rings is 1. The van der Waals surface area contributed by atoms with E-state index in [0.717, 1.165) is 14.6 Å². The smallest absolute Gasteiger partial charge is 0.306 e.